The molecule has 36 heavy (non-hydrogen) atoms. The molecular weight excluding hydrogens is 479 g/mol. The van der Waals surface area contributed by atoms with Crippen molar-refractivity contribution in [3.05, 3.63) is 53.9 Å². The van der Waals surface area contributed by atoms with Gasteiger partial charge in [0.25, 0.3) is 0 Å². The van der Waals surface area contributed by atoms with Gasteiger partial charge < -0.3 is 24.6 Å². The Bertz CT molecular complexity index is 1250. The Labute approximate surface area is 205 Å². The van der Waals surface area contributed by atoms with Crippen molar-refractivity contribution in [2.45, 2.75) is 44.8 Å². The molecule has 1 fully saturated rings. The SMILES string of the molecule is CC(C)(C)OC(=O)N1CC(c2cc(-c3ccc(OC(F)(F)F)cc3)c3nccnc3c2[C@@H](O)CO)C1. The van der Waals surface area contributed by atoms with Crippen molar-refractivity contribution >= 4 is 17.1 Å². The predicted molar refractivity (Wildman–Crippen MR) is 124 cm³/mol. The highest BCUT2D eigenvalue weighted by Gasteiger charge is 2.37. The van der Waals surface area contributed by atoms with Crippen LogP contribution in [0.3, 0.4) is 0 Å². The number of amides is 1. The van der Waals surface area contributed by atoms with Gasteiger partial charge in [-0.3, -0.25) is 9.97 Å². The molecule has 0 bridgehead atoms. The Morgan fingerprint density at radius 2 is 1.72 bits per heavy atom. The number of aliphatic hydroxyl groups is 2. The zero-order valence-corrected chi connectivity index (χ0v) is 19.9. The number of fused-ring (bicyclic) bond motifs is 1. The second-order valence-electron chi connectivity index (χ2n) is 9.53. The van der Waals surface area contributed by atoms with Gasteiger partial charge in [0.2, 0.25) is 0 Å². The third-order valence-corrected chi connectivity index (χ3v) is 5.70. The van der Waals surface area contributed by atoms with Crippen molar-refractivity contribution in [2.24, 2.45) is 0 Å². The standard InChI is InChI=1S/C25H26F3N3O5/c1-24(2,3)36-23(34)31-11-15(12-31)17-10-18(14-4-6-16(7-5-14)35-25(26,27)28)21-22(30-9-8-29-21)20(17)19(33)13-32/h4-10,15,19,32-33H,11-13H2,1-3H3/t19-/m0/s1. The maximum absolute atomic E-state index is 12.6. The van der Waals surface area contributed by atoms with Crippen molar-refractivity contribution in [3.63, 3.8) is 0 Å². The number of nitrogens with zero attached hydrogens (tertiary/aromatic N) is 3. The topological polar surface area (TPSA) is 105 Å². The number of alkyl halides is 3. The van der Waals surface area contributed by atoms with Crippen molar-refractivity contribution in [2.75, 3.05) is 19.7 Å². The van der Waals surface area contributed by atoms with Crippen LogP contribution in [0.25, 0.3) is 22.2 Å². The summed E-state index contributed by atoms with van der Waals surface area (Å²) in [7, 11) is 0. The molecule has 1 amide bonds. The smallest absolute Gasteiger partial charge is 0.444 e. The van der Waals surface area contributed by atoms with Crippen LogP contribution in [0.1, 0.15) is 43.9 Å². The molecule has 192 valence electrons. The average Bonchev–Trinajstić information content (AvgIpc) is 2.75. The second kappa shape index (κ2) is 9.55. The van der Waals surface area contributed by atoms with Crippen LogP contribution in [0.15, 0.2) is 42.7 Å². The molecule has 1 aliphatic rings. The third kappa shape index (κ3) is 5.52. The van der Waals surface area contributed by atoms with Crippen LogP contribution in [-0.4, -0.2) is 62.8 Å². The number of aliphatic hydroxyl groups excluding tert-OH is 2. The summed E-state index contributed by atoms with van der Waals surface area (Å²) in [5.41, 5.74) is 2.33. The van der Waals surface area contributed by atoms with E-state index in [1.54, 1.807) is 26.8 Å². The van der Waals surface area contributed by atoms with Crippen molar-refractivity contribution in [1.29, 1.82) is 0 Å². The molecule has 0 unspecified atom stereocenters. The van der Waals surface area contributed by atoms with Gasteiger partial charge in [0, 0.05) is 42.5 Å². The molecule has 0 aliphatic carbocycles. The lowest BCUT2D eigenvalue weighted by atomic mass is 9.83. The van der Waals surface area contributed by atoms with E-state index in [1.165, 1.54) is 41.6 Å². The van der Waals surface area contributed by atoms with Gasteiger partial charge >= 0.3 is 12.5 Å². The Kier molecular flexibility index (Phi) is 6.80. The molecule has 2 aromatic carbocycles. The molecule has 8 nitrogen and oxygen atoms in total. The number of aromatic nitrogens is 2. The van der Waals surface area contributed by atoms with Crippen molar-refractivity contribution < 1.29 is 37.7 Å². The van der Waals surface area contributed by atoms with Gasteiger partial charge in [0.1, 0.15) is 17.5 Å². The summed E-state index contributed by atoms with van der Waals surface area (Å²) in [6.07, 6.45) is -3.58. The molecule has 4 rings (SSSR count). The lowest BCUT2D eigenvalue weighted by Gasteiger charge is -2.41. The van der Waals surface area contributed by atoms with Gasteiger partial charge in [0.05, 0.1) is 17.6 Å². The molecule has 0 saturated carbocycles. The van der Waals surface area contributed by atoms with E-state index in [0.29, 0.717) is 46.4 Å². The normalized spacial score (nSPS) is 15.5. The number of likely N-dealkylation sites (tertiary alicyclic amines) is 1. The van der Waals surface area contributed by atoms with E-state index in [9.17, 15) is 28.2 Å². The number of hydrogen-bond acceptors (Lipinski definition) is 7. The molecule has 1 aromatic heterocycles. The maximum atomic E-state index is 12.6. The van der Waals surface area contributed by atoms with Crippen LogP contribution < -0.4 is 4.74 Å². The zero-order valence-electron chi connectivity index (χ0n) is 19.9. The maximum Gasteiger partial charge on any atom is 0.573 e. The van der Waals surface area contributed by atoms with Crippen LogP contribution >= 0.6 is 0 Å². The summed E-state index contributed by atoms with van der Waals surface area (Å²) in [4.78, 5) is 22.7. The number of ether oxygens (including phenoxy) is 2. The first-order valence-corrected chi connectivity index (χ1v) is 11.3. The Morgan fingerprint density at radius 3 is 2.28 bits per heavy atom. The molecule has 0 radical (unpaired) electrons. The molecule has 11 heteroatoms. The number of carbonyl (C=O) groups excluding carboxylic acids is 1. The van der Waals surface area contributed by atoms with E-state index in [0.717, 1.165) is 0 Å². The van der Waals surface area contributed by atoms with E-state index in [1.807, 2.05) is 0 Å². The number of carbonyl (C=O) groups is 1. The summed E-state index contributed by atoms with van der Waals surface area (Å²) in [6.45, 7) is 5.42. The third-order valence-electron chi connectivity index (χ3n) is 5.70. The van der Waals surface area contributed by atoms with Crippen LogP contribution in [-0.2, 0) is 4.74 Å². The minimum atomic E-state index is -4.81. The van der Waals surface area contributed by atoms with Crippen LogP contribution in [0.4, 0.5) is 18.0 Å². The van der Waals surface area contributed by atoms with E-state index in [-0.39, 0.29) is 11.7 Å². The van der Waals surface area contributed by atoms with Crippen LogP contribution in [0.2, 0.25) is 0 Å². The summed E-state index contributed by atoms with van der Waals surface area (Å²) in [6, 6.07) is 7.14. The fourth-order valence-electron chi connectivity index (χ4n) is 4.16. The highest BCUT2D eigenvalue weighted by atomic mass is 19.4. The monoisotopic (exact) mass is 505 g/mol. The summed E-state index contributed by atoms with van der Waals surface area (Å²) in [5.74, 6) is -0.548. The lowest BCUT2D eigenvalue weighted by Crippen LogP contribution is -2.50. The second-order valence-corrected chi connectivity index (χ2v) is 9.53. The molecule has 1 atom stereocenters. The van der Waals surface area contributed by atoms with E-state index < -0.39 is 30.8 Å². The minimum absolute atomic E-state index is 0.188. The Balaban J connectivity index is 1.75. The Hall–Kier alpha value is -3.44. The number of hydrogen-bond donors (Lipinski definition) is 2. The van der Waals surface area contributed by atoms with Crippen molar-refractivity contribution in [1.82, 2.24) is 14.9 Å². The molecule has 3 aromatic rings. The predicted octanol–water partition coefficient (Wildman–Crippen LogP) is 4.56. The van der Waals surface area contributed by atoms with Crippen LogP contribution in [0, 0.1) is 0 Å². The van der Waals surface area contributed by atoms with Gasteiger partial charge in [-0.15, -0.1) is 13.2 Å². The van der Waals surface area contributed by atoms with E-state index >= 15 is 0 Å². The van der Waals surface area contributed by atoms with Crippen molar-refractivity contribution in [3.8, 4) is 16.9 Å². The number of halogens is 3. The zero-order chi connectivity index (χ0) is 26.3. The average molecular weight is 505 g/mol. The largest absolute Gasteiger partial charge is 0.573 e. The molecule has 1 aliphatic heterocycles. The van der Waals surface area contributed by atoms with Gasteiger partial charge in [-0.1, -0.05) is 12.1 Å². The first-order valence-electron chi connectivity index (χ1n) is 11.3. The van der Waals surface area contributed by atoms with Gasteiger partial charge in [0.15, 0.2) is 0 Å². The molecular formula is C25H26F3N3O5. The Morgan fingerprint density at radius 1 is 1.11 bits per heavy atom. The summed E-state index contributed by atoms with van der Waals surface area (Å²) < 4.78 is 47.1. The fraction of sp³-hybridized carbons (Fsp3) is 0.400. The van der Waals surface area contributed by atoms with Gasteiger partial charge in [-0.05, 0) is 50.1 Å². The highest BCUT2D eigenvalue weighted by molar-refractivity contribution is 5.95. The highest BCUT2D eigenvalue weighted by Crippen LogP contribution is 2.40. The first-order chi connectivity index (χ1) is 16.9. The first kappa shape index (κ1) is 25.6. The van der Waals surface area contributed by atoms with E-state index in [4.69, 9.17) is 4.74 Å². The molecule has 2 N–H and O–H groups in total. The van der Waals surface area contributed by atoms with Gasteiger partial charge in [-0.2, -0.15) is 0 Å². The minimum Gasteiger partial charge on any atom is -0.444 e. The number of benzene rings is 2. The van der Waals surface area contributed by atoms with Gasteiger partial charge in [-0.25, -0.2) is 4.79 Å². The van der Waals surface area contributed by atoms with E-state index in [2.05, 4.69) is 14.7 Å². The quantitative estimate of drug-likeness (QED) is 0.524. The number of rotatable bonds is 5. The molecule has 0 spiro atoms. The van der Waals surface area contributed by atoms with Crippen LogP contribution in [0.5, 0.6) is 5.75 Å². The molecule has 2 heterocycles. The molecule has 1 saturated heterocycles. The lowest BCUT2D eigenvalue weighted by molar-refractivity contribution is -0.274. The fourth-order valence-corrected chi connectivity index (χ4v) is 4.16. The summed E-state index contributed by atoms with van der Waals surface area (Å²) in [5, 5.41) is 20.4. The summed E-state index contributed by atoms with van der Waals surface area (Å²) >= 11 is 0.